The van der Waals surface area contributed by atoms with Gasteiger partial charge in [0.2, 0.25) is 0 Å². The molecule has 0 bridgehead atoms. The Morgan fingerprint density at radius 1 is 1.70 bits per heavy atom. The van der Waals surface area contributed by atoms with Gasteiger partial charge >= 0.3 is 10.4 Å². The number of aromatic amines is 1. The molecule has 1 aromatic rings. The van der Waals surface area contributed by atoms with Crippen molar-refractivity contribution in [1.29, 1.82) is 0 Å². The van der Waals surface area contributed by atoms with E-state index in [0.717, 1.165) is 6.20 Å². The minimum Gasteiger partial charge on any atom is -0.338 e. The molecule has 0 aliphatic heterocycles. The first-order chi connectivity index (χ1) is 4.58. The van der Waals surface area contributed by atoms with Crippen LogP contribution in [0, 0.1) is 0 Å². The average molecular weight is 165 g/mol. The van der Waals surface area contributed by atoms with Crippen molar-refractivity contribution in [3.05, 3.63) is 6.20 Å². The molecule has 1 rings (SSSR count). The van der Waals surface area contributed by atoms with Gasteiger partial charge in [0.15, 0.2) is 0 Å². The second-order valence-electron chi connectivity index (χ2n) is 1.32. The second kappa shape index (κ2) is 2.23. The number of aromatic nitrogens is 3. The molecule has 56 valence electrons. The zero-order valence-electron chi connectivity index (χ0n) is 4.55. The van der Waals surface area contributed by atoms with Crippen LogP contribution < -0.4 is 4.18 Å². The molecule has 1 heterocycles. The van der Waals surface area contributed by atoms with Gasteiger partial charge in [-0.15, -0.1) is 5.10 Å². The van der Waals surface area contributed by atoms with E-state index in [-0.39, 0.29) is 5.88 Å². The highest BCUT2D eigenvalue weighted by atomic mass is 32.3. The fraction of sp³-hybridized carbons (Fsp3) is 0. The van der Waals surface area contributed by atoms with Crippen LogP contribution in [-0.2, 0) is 10.4 Å². The number of nitrogens with zero attached hydrogens (tertiary/aromatic N) is 2. The van der Waals surface area contributed by atoms with E-state index in [9.17, 15) is 8.42 Å². The number of nitrogens with one attached hydrogen (secondary N) is 1. The van der Waals surface area contributed by atoms with Crippen molar-refractivity contribution in [2.45, 2.75) is 0 Å². The molecule has 0 spiro atoms. The summed E-state index contributed by atoms with van der Waals surface area (Å²) in [6.45, 7) is 0. The van der Waals surface area contributed by atoms with Gasteiger partial charge in [-0.3, -0.25) is 4.55 Å². The SMILES string of the molecule is O=S(=O)(O)Oc1cn[nH]n1. The molecule has 0 saturated heterocycles. The third-order valence-corrected chi connectivity index (χ3v) is 0.965. The molecule has 10 heavy (non-hydrogen) atoms. The van der Waals surface area contributed by atoms with Crippen LogP contribution in [-0.4, -0.2) is 28.4 Å². The summed E-state index contributed by atoms with van der Waals surface area (Å²) in [5, 5.41) is 8.53. The second-order valence-corrected chi connectivity index (χ2v) is 2.34. The Kier molecular flexibility index (Phi) is 1.55. The molecule has 0 aliphatic carbocycles. The Balaban J connectivity index is 2.75. The van der Waals surface area contributed by atoms with Crippen molar-refractivity contribution in [2.24, 2.45) is 0 Å². The first kappa shape index (κ1) is 6.96. The van der Waals surface area contributed by atoms with E-state index in [1.807, 2.05) is 0 Å². The van der Waals surface area contributed by atoms with Gasteiger partial charge in [0.05, 0.1) is 0 Å². The summed E-state index contributed by atoms with van der Waals surface area (Å²) in [5.74, 6) is -0.303. The summed E-state index contributed by atoms with van der Waals surface area (Å²) < 4.78 is 31.8. The minimum atomic E-state index is -4.47. The summed E-state index contributed by atoms with van der Waals surface area (Å²) in [6, 6.07) is 0. The number of hydrogen-bond donors (Lipinski definition) is 2. The maximum atomic E-state index is 9.95. The Morgan fingerprint density at radius 3 is 2.80 bits per heavy atom. The van der Waals surface area contributed by atoms with Crippen molar-refractivity contribution < 1.29 is 17.2 Å². The normalized spacial score (nSPS) is 11.3. The van der Waals surface area contributed by atoms with Crippen molar-refractivity contribution in [1.82, 2.24) is 15.4 Å². The molecule has 0 fully saturated rings. The molecule has 0 saturated carbocycles. The van der Waals surface area contributed by atoms with Crippen LogP contribution in [0.25, 0.3) is 0 Å². The molecule has 0 aliphatic rings. The van der Waals surface area contributed by atoms with E-state index < -0.39 is 10.4 Å². The fourth-order valence-corrected chi connectivity index (χ4v) is 0.635. The molecule has 2 N–H and O–H groups in total. The van der Waals surface area contributed by atoms with Gasteiger partial charge in [-0.25, -0.2) is 0 Å². The Morgan fingerprint density at radius 2 is 2.40 bits per heavy atom. The Bertz CT molecular complexity index is 288. The first-order valence-electron chi connectivity index (χ1n) is 2.10. The van der Waals surface area contributed by atoms with Gasteiger partial charge in [0.25, 0.3) is 5.88 Å². The monoisotopic (exact) mass is 165 g/mol. The quantitative estimate of drug-likeness (QED) is 0.544. The highest BCUT2D eigenvalue weighted by molar-refractivity contribution is 7.81. The van der Waals surface area contributed by atoms with Crippen LogP contribution in [0.5, 0.6) is 5.88 Å². The van der Waals surface area contributed by atoms with E-state index in [1.54, 1.807) is 0 Å². The third kappa shape index (κ3) is 1.99. The van der Waals surface area contributed by atoms with Crippen molar-refractivity contribution >= 4 is 10.4 Å². The lowest BCUT2D eigenvalue weighted by atomic mass is 10.9. The van der Waals surface area contributed by atoms with E-state index in [0.29, 0.717) is 0 Å². The summed E-state index contributed by atoms with van der Waals surface area (Å²) in [7, 11) is -4.47. The van der Waals surface area contributed by atoms with Crippen LogP contribution in [0.3, 0.4) is 0 Å². The van der Waals surface area contributed by atoms with E-state index in [2.05, 4.69) is 19.6 Å². The molecule has 7 nitrogen and oxygen atoms in total. The zero-order valence-corrected chi connectivity index (χ0v) is 5.37. The van der Waals surface area contributed by atoms with Gasteiger partial charge < -0.3 is 4.18 Å². The van der Waals surface area contributed by atoms with E-state index in [1.165, 1.54) is 0 Å². The van der Waals surface area contributed by atoms with Crippen molar-refractivity contribution in [3.8, 4) is 5.88 Å². The topological polar surface area (TPSA) is 105 Å². The summed E-state index contributed by atoms with van der Waals surface area (Å²) >= 11 is 0. The predicted octanol–water partition coefficient (Wildman–Crippen LogP) is -1.01. The molecule has 0 radical (unpaired) electrons. The van der Waals surface area contributed by atoms with Gasteiger partial charge in [-0.05, 0) is 0 Å². The van der Waals surface area contributed by atoms with Gasteiger partial charge in [-0.2, -0.15) is 18.7 Å². The number of rotatable bonds is 2. The van der Waals surface area contributed by atoms with Crippen LogP contribution in [0.2, 0.25) is 0 Å². The summed E-state index contributed by atoms with van der Waals surface area (Å²) in [4.78, 5) is 0. The van der Waals surface area contributed by atoms with Gasteiger partial charge in [0.1, 0.15) is 6.20 Å². The highest BCUT2D eigenvalue weighted by Crippen LogP contribution is 2.01. The van der Waals surface area contributed by atoms with Crippen molar-refractivity contribution in [2.75, 3.05) is 0 Å². The van der Waals surface area contributed by atoms with Crippen LogP contribution >= 0.6 is 0 Å². The molecular formula is C2H3N3O4S. The molecule has 0 amide bonds. The number of H-pyrrole nitrogens is 1. The molecule has 8 heteroatoms. The predicted molar refractivity (Wildman–Crippen MR) is 28.6 cm³/mol. The molecule has 0 atom stereocenters. The fourth-order valence-electron chi connectivity index (χ4n) is 0.339. The number of hydrogen-bond acceptors (Lipinski definition) is 5. The van der Waals surface area contributed by atoms with Crippen molar-refractivity contribution in [3.63, 3.8) is 0 Å². The van der Waals surface area contributed by atoms with Crippen LogP contribution in [0.4, 0.5) is 0 Å². The largest absolute Gasteiger partial charge is 0.448 e. The van der Waals surface area contributed by atoms with Gasteiger partial charge in [-0.1, -0.05) is 0 Å². The average Bonchev–Trinajstić information content (AvgIpc) is 2.12. The van der Waals surface area contributed by atoms with E-state index >= 15 is 0 Å². The van der Waals surface area contributed by atoms with E-state index in [4.69, 9.17) is 4.55 Å². The standard InChI is InChI=1S/C2H3N3O4S/c6-10(7,8)9-2-1-3-5-4-2/h1H,(H,3,4,5)(H,6,7,8). The smallest absolute Gasteiger partial charge is 0.338 e. The first-order valence-corrected chi connectivity index (χ1v) is 3.47. The van der Waals surface area contributed by atoms with Gasteiger partial charge in [0, 0.05) is 0 Å². The lowest BCUT2D eigenvalue weighted by molar-refractivity contribution is 0.380. The highest BCUT2D eigenvalue weighted by Gasteiger charge is 2.07. The lowest BCUT2D eigenvalue weighted by Crippen LogP contribution is -2.06. The lowest BCUT2D eigenvalue weighted by Gasteiger charge is -1.91. The minimum absolute atomic E-state index is 0.303. The maximum Gasteiger partial charge on any atom is 0.448 e. The summed E-state index contributed by atoms with van der Waals surface area (Å²) in [6.07, 6.45) is 1.01. The van der Waals surface area contributed by atoms with Crippen LogP contribution in [0.1, 0.15) is 0 Å². The van der Waals surface area contributed by atoms with Crippen LogP contribution in [0.15, 0.2) is 6.20 Å². The molecule has 0 unspecified atom stereocenters. The Labute approximate surface area is 56.0 Å². The molecule has 0 aromatic carbocycles. The molecular weight excluding hydrogens is 162 g/mol. The maximum absolute atomic E-state index is 9.95. The Hall–Kier alpha value is -1.15. The summed E-state index contributed by atoms with van der Waals surface area (Å²) in [5.41, 5.74) is 0. The molecule has 1 aromatic heterocycles. The zero-order chi connectivity index (χ0) is 7.61. The third-order valence-electron chi connectivity index (χ3n) is 0.584.